The van der Waals surface area contributed by atoms with E-state index in [0.29, 0.717) is 50.9 Å². The summed E-state index contributed by atoms with van der Waals surface area (Å²) >= 11 is 7.54. The van der Waals surface area contributed by atoms with E-state index >= 15 is 0 Å². The molecule has 0 aliphatic carbocycles. The van der Waals surface area contributed by atoms with E-state index < -0.39 is 23.8 Å². The molecule has 0 saturated heterocycles. The normalized spacial score (nSPS) is 13.1. The molecule has 6 rings (SSSR count). The van der Waals surface area contributed by atoms with Gasteiger partial charge in [0.05, 0.1) is 18.8 Å². The Labute approximate surface area is 276 Å². The highest BCUT2D eigenvalue weighted by Gasteiger charge is 2.35. The molecular weight excluding hydrogens is 706 g/mol. The van der Waals surface area contributed by atoms with Gasteiger partial charge in [0.25, 0.3) is 11.8 Å². The van der Waals surface area contributed by atoms with E-state index in [1.165, 1.54) is 0 Å². The largest absolute Gasteiger partial charge is 0.493 e. The molecule has 0 radical (unpaired) electrons. The molecule has 232 valence electrons. The lowest BCUT2D eigenvalue weighted by molar-refractivity contribution is -0.137. The monoisotopic (exact) mass is 735 g/mol. The van der Waals surface area contributed by atoms with Gasteiger partial charge in [-0.2, -0.15) is 0 Å². The number of nitrogens with zero attached hydrogens (tertiary/aromatic N) is 1. The van der Waals surface area contributed by atoms with Gasteiger partial charge in [-0.05, 0) is 70.2 Å². The van der Waals surface area contributed by atoms with Crippen molar-refractivity contribution in [1.29, 1.82) is 0 Å². The molecule has 0 bridgehead atoms. The summed E-state index contributed by atoms with van der Waals surface area (Å²) in [5.41, 5.74) is 1.18. The van der Waals surface area contributed by atoms with Gasteiger partial charge in [0.15, 0.2) is 0 Å². The lowest BCUT2D eigenvalue weighted by atomic mass is 9.84. The number of fused-ring (bicyclic) bond motifs is 2. The van der Waals surface area contributed by atoms with Crippen molar-refractivity contribution >= 4 is 98.7 Å². The minimum absolute atomic E-state index is 0.0116. The molecule has 1 N–H and O–H groups in total. The first-order valence-electron chi connectivity index (χ1n) is 15.2. The first-order valence-corrected chi connectivity index (χ1v) is 16.7. The van der Waals surface area contributed by atoms with E-state index in [1.54, 1.807) is 18.2 Å². The number of carbonyl (C=O) groups excluding carboxylic acids is 3. The van der Waals surface area contributed by atoms with E-state index in [9.17, 15) is 19.2 Å². The number of carbonyl (C=O) groups is 4. The summed E-state index contributed by atoms with van der Waals surface area (Å²) in [7, 11) is 0. The van der Waals surface area contributed by atoms with Gasteiger partial charge >= 0.3 is 11.9 Å². The second kappa shape index (κ2) is 12.6. The van der Waals surface area contributed by atoms with Gasteiger partial charge in [-0.1, -0.05) is 54.8 Å². The van der Waals surface area contributed by atoms with Crippen LogP contribution in [0.4, 0.5) is 0 Å². The molecule has 5 aromatic rings. The Bertz CT molecular complexity index is 2040. The van der Waals surface area contributed by atoms with Gasteiger partial charge < -0.3 is 14.6 Å². The first kappa shape index (κ1) is 31.2. The third kappa shape index (κ3) is 5.21. The van der Waals surface area contributed by atoms with Crippen molar-refractivity contribution in [3.63, 3.8) is 0 Å². The van der Waals surface area contributed by atoms with Gasteiger partial charge in [0, 0.05) is 65.4 Å². The van der Waals surface area contributed by atoms with Crippen LogP contribution in [0.15, 0.2) is 45.3 Å². The smallest absolute Gasteiger partial charge is 0.338 e. The number of hydrogen-bond donors (Lipinski definition) is 1. The van der Waals surface area contributed by atoms with E-state index in [0.717, 1.165) is 67.4 Å². The number of ether oxygens (including phenoxy) is 2. The summed E-state index contributed by atoms with van der Waals surface area (Å²) in [4.78, 5) is 53.1. The van der Waals surface area contributed by atoms with Gasteiger partial charge in [-0.3, -0.25) is 19.3 Å². The van der Waals surface area contributed by atoms with Crippen LogP contribution in [-0.4, -0.2) is 53.5 Å². The molecule has 0 aromatic heterocycles. The second-order valence-electron chi connectivity index (χ2n) is 11.3. The SMILES string of the molecule is CCCCOC(=O)c1ccc2c3c(Br)cc4c5c(ccc(c6c(Br)cc(OCCCC)c1c26)c53)C(=O)N(CCCC(=O)O)C4=O. The van der Waals surface area contributed by atoms with Crippen LogP contribution in [0.2, 0.25) is 0 Å². The summed E-state index contributed by atoms with van der Waals surface area (Å²) in [6.07, 6.45) is 3.49. The lowest BCUT2D eigenvalue weighted by Gasteiger charge is -2.29. The maximum absolute atomic E-state index is 13.7. The van der Waals surface area contributed by atoms with E-state index in [2.05, 4.69) is 38.8 Å². The number of benzene rings is 5. The molecule has 0 fully saturated rings. The number of amides is 2. The fraction of sp³-hybridized carbons (Fsp3) is 0.314. The number of esters is 1. The number of halogens is 2. The Morgan fingerprint density at radius 3 is 2.07 bits per heavy atom. The molecule has 0 unspecified atom stereocenters. The van der Waals surface area contributed by atoms with Crippen LogP contribution in [0.1, 0.15) is 83.4 Å². The van der Waals surface area contributed by atoms with Crippen LogP contribution in [0.3, 0.4) is 0 Å². The van der Waals surface area contributed by atoms with Crippen molar-refractivity contribution in [2.24, 2.45) is 0 Å². The molecule has 8 nitrogen and oxygen atoms in total. The average Bonchev–Trinajstić information content (AvgIpc) is 3.01. The fourth-order valence-corrected chi connectivity index (χ4v) is 7.55. The number of imide groups is 1. The van der Waals surface area contributed by atoms with E-state index in [-0.39, 0.29) is 19.4 Å². The summed E-state index contributed by atoms with van der Waals surface area (Å²) in [5.74, 6) is -1.73. The Morgan fingerprint density at radius 1 is 0.756 bits per heavy atom. The minimum atomic E-state index is -0.983. The van der Waals surface area contributed by atoms with Gasteiger partial charge in [-0.25, -0.2) is 4.79 Å². The molecule has 1 aliphatic rings. The molecule has 1 aliphatic heterocycles. The summed E-state index contributed by atoms with van der Waals surface area (Å²) in [6.45, 7) is 4.95. The Kier molecular flexibility index (Phi) is 8.72. The number of aliphatic carboxylic acids is 1. The molecule has 0 atom stereocenters. The van der Waals surface area contributed by atoms with Crippen LogP contribution in [0.5, 0.6) is 5.75 Å². The van der Waals surface area contributed by atoms with Crippen molar-refractivity contribution in [2.45, 2.75) is 52.4 Å². The molecule has 1 heterocycles. The van der Waals surface area contributed by atoms with E-state index in [1.807, 2.05) is 25.1 Å². The summed E-state index contributed by atoms with van der Waals surface area (Å²) < 4.78 is 13.4. The Balaban J connectivity index is 1.66. The topological polar surface area (TPSA) is 110 Å². The van der Waals surface area contributed by atoms with Gasteiger partial charge in [0.2, 0.25) is 0 Å². The van der Waals surface area contributed by atoms with Gasteiger partial charge in [0.1, 0.15) is 5.75 Å². The zero-order valence-corrected chi connectivity index (χ0v) is 28.1. The zero-order valence-electron chi connectivity index (χ0n) is 24.9. The van der Waals surface area contributed by atoms with Crippen LogP contribution in [-0.2, 0) is 9.53 Å². The third-order valence-electron chi connectivity index (χ3n) is 8.40. The highest BCUT2D eigenvalue weighted by Crippen LogP contribution is 2.50. The highest BCUT2D eigenvalue weighted by atomic mass is 79.9. The summed E-state index contributed by atoms with van der Waals surface area (Å²) in [6, 6.07) is 10.9. The number of rotatable bonds is 12. The minimum Gasteiger partial charge on any atom is -0.493 e. The molecule has 0 spiro atoms. The van der Waals surface area contributed by atoms with Crippen molar-refractivity contribution in [3.8, 4) is 5.75 Å². The highest BCUT2D eigenvalue weighted by molar-refractivity contribution is 9.11. The first-order chi connectivity index (χ1) is 21.7. The van der Waals surface area contributed by atoms with Gasteiger partial charge in [-0.15, -0.1) is 0 Å². The quantitative estimate of drug-likeness (QED) is 0.0448. The lowest BCUT2D eigenvalue weighted by Crippen LogP contribution is -2.41. The molecule has 10 heteroatoms. The maximum Gasteiger partial charge on any atom is 0.338 e. The van der Waals surface area contributed by atoms with Crippen molar-refractivity contribution < 1.29 is 33.8 Å². The molecular formula is C35H31Br2NO7. The molecule has 45 heavy (non-hydrogen) atoms. The Hall–Kier alpha value is -3.76. The van der Waals surface area contributed by atoms with Crippen molar-refractivity contribution in [1.82, 2.24) is 4.90 Å². The average molecular weight is 737 g/mol. The van der Waals surface area contributed by atoms with Crippen molar-refractivity contribution in [2.75, 3.05) is 19.8 Å². The second-order valence-corrected chi connectivity index (χ2v) is 13.0. The predicted molar refractivity (Wildman–Crippen MR) is 181 cm³/mol. The maximum atomic E-state index is 13.7. The van der Waals surface area contributed by atoms with Crippen LogP contribution < -0.4 is 4.74 Å². The van der Waals surface area contributed by atoms with Crippen LogP contribution in [0, 0.1) is 0 Å². The number of unbranched alkanes of at least 4 members (excludes halogenated alkanes) is 2. The predicted octanol–water partition coefficient (Wildman–Crippen LogP) is 8.86. The molecule has 2 amide bonds. The zero-order chi connectivity index (χ0) is 32.0. The molecule has 0 saturated carbocycles. The molecule has 5 aromatic carbocycles. The fourth-order valence-electron chi connectivity index (χ4n) is 6.29. The van der Waals surface area contributed by atoms with E-state index in [4.69, 9.17) is 14.6 Å². The van der Waals surface area contributed by atoms with Crippen LogP contribution >= 0.6 is 31.9 Å². The van der Waals surface area contributed by atoms with Crippen molar-refractivity contribution in [3.05, 3.63) is 62.0 Å². The Morgan fingerprint density at radius 2 is 1.38 bits per heavy atom. The number of carboxylic acid groups (broad SMARTS) is 1. The number of carboxylic acids is 1. The summed E-state index contributed by atoms with van der Waals surface area (Å²) in [5, 5.41) is 15.2. The number of hydrogen-bond acceptors (Lipinski definition) is 6. The standard InChI is InChI=1S/C35H31Br2NO7/c1-3-5-14-44-25-17-24(37)29-18-9-11-20-27-22(34(42)38(33(20)41)13-7-8-26(39)40)16-23(36)28(31(18)27)19-10-12-21(30(25)32(19)29)35(43)45-15-6-4-2/h9-12,16-17H,3-8,13-15H2,1-2H3,(H,39,40). The van der Waals surface area contributed by atoms with Crippen LogP contribution in [0.25, 0.3) is 43.1 Å². The third-order valence-corrected chi connectivity index (χ3v) is 9.65.